The normalized spacial score (nSPS) is 21.3. The number of rotatable bonds is 7. The quantitative estimate of drug-likeness (QED) is 0.761. The molecule has 118 valence electrons. The Hall–Kier alpha value is -1.99. The third-order valence-electron chi connectivity index (χ3n) is 4.00. The van der Waals surface area contributed by atoms with E-state index >= 15 is 0 Å². The van der Waals surface area contributed by atoms with E-state index in [1.54, 1.807) is 0 Å². The lowest BCUT2D eigenvalue weighted by molar-refractivity contribution is 0.124. The molecule has 2 rings (SSSR count). The lowest BCUT2D eigenvalue weighted by Gasteiger charge is -2.38. The van der Waals surface area contributed by atoms with E-state index in [9.17, 15) is 4.79 Å². The van der Waals surface area contributed by atoms with E-state index in [1.165, 1.54) is 0 Å². The number of benzene rings is 1. The number of terminal acetylenes is 1. The number of alkyl carbamates (subject to hydrolysis) is 1. The molecule has 1 aliphatic carbocycles. The van der Waals surface area contributed by atoms with Gasteiger partial charge in [0.2, 0.25) is 0 Å². The van der Waals surface area contributed by atoms with Gasteiger partial charge < -0.3 is 15.4 Å². The summed E-state index contributed by atoms with van der Waals surface area (Å²) in [4.78, 5) is 11.7. The van der Waals surface area contributed by atoms with Crippen LogP contribution in [-0.4, -0.2) is 24.2 Å². The van der Waals surface area contributed by atoms with E-state index in [4.69, 9.17) is 11.2 Å². The predicted molar refractivity (Wildman–Crippen MR) is 87.2 cm³/mol. The molecule has 1 aromatic rings. The summed E-state index contributed by atoms with van der Waals surface area (Å²) in [5, 5.41) is 6.43. The lowest BCUT2D eigenvalue weighted by Crippen LogP contribution is -2.54. The summed E-state index contributed by atoms with van der Waals surface area (Å²) in [5.41, 5.74) is 0.992. The summed E-state index contributed by atoms with van der Waals surface area (Å²) in [7, 11) is 0. The van der Waals surface area contributed by atoms with E-state index in [0.717, 1.165) is 31.2 Å². The van der Waals surface area contributed by atoms with E-state index in [0.29, 0.717) is 18.7 Å². The number of amides is 1. The van der Waals surface area contributed by atoms with Crippen LogP contribution in [0.3, 0.4) is 0 Å². The van der Waals surface area contributed by atoms with Crippen molar-refractivity contribution in [2.75, 3.05) is 0 Å². The van der Waals surface area contributed by atoms with Gasteiger partial charge in [-0.2, -0.15) is 0 Å². The van der Waals surface area contributed by atoms with Crippen LogP contribution in [0.2, 0.25) is 0 Å². The van der Waals surface area contributed by atoms with Gasteiger partial charge in [0.05, 0.1) is 0 Å². The zero-order chi connectivity index (χ0) is 15.8. The standard InChI is InChI=1S/C18H24N2O2/c1-3-8-15(4-2)19-16-11-17(12-16)20-18(21)22-13-14-9-6-5-7-10-14/h1,5-7,9-10,15-17,19H,4,8,11-13H2,2H3,(H,20,21). The Morgan fingerprint density at radius 2 is 2.09 bits per heavy atom. The van der Waals surface area contributed by atoms with Crippen LogP contribution >= 0.6 is 0 Å². The molecule has 1 aromatic carbocycles. The topological polar surface area (TPSA) is 50.4 Å². The first-order valence-electron chi connectivity index (χ1n) is 7.88. The van der Waals surface area contributed by atoms with Gasteiger partial charge in [-0.15, -0.1) is 12.3 Å². The molecular weight excluding hydrogens is 276 g/mol. The molecular formula is C18H24N2O2. The van der Waals surface area contributed by atoms with Crippen LogP contribution in [0, 0.1) is 12.3 Å². The fourth-order valence-electron chi connectivity index (χ4n) is 2.60. The van der Waals surface area contributed by atoms with Gasteiger partial charge in [0.25, 0.3) is 0 Å². The van der Waals surface area contributed by atoms with Crippen LogP contribution in [0.1, 0.15) is 38.2 Å². The van der Waals surface area contributed by atoms with E-state index < -0.39 is 0 Å². The van der Waals surface area contributed by atoms with Crippen molar-refractivity contribution in [2.45, 2.75) is 57.3 Å². The Balaban J connectivity index is 1.61. The highest BCUT2D eigenvalue weighted by Crippen LogP contribution is 2.21. The molecule has 22 heavy (non-hydrogen) atoms. The third-order valence-corrected chi connectivity index (χ3v) is 4.00. The fraction of sp³-hybridized carbons (Fsp3) is 0.500. The van der Waals surface area contributed by atoms with Gasteiger partial charge in [-0.1, -0.05) is 37.3 Å². The molecule has 1 unspecified atom stereocenters. The summed E-state index contributed by atoms with van der Waals surface area (Å²) >= 11 is 0. The second-order valence-electron chi connectivity index (χ2n) is 5.75. The molecule has 0 bridgehead atoms. The zero-order valence-corrected chi connectivity index (χ0v) is 13.0. The number of carbonyl (C=O) groups is 1. The molecule has 0 aromatic heterocycles. The first kappa shape index (κ1) is 16.4. The highest BCUT2D eigenvalue weighted by atomic mass is 16.5. The maximum absolute atomic E-state index is 11.7. The van der Waals surface area contributed by atoms with Crippen molar-refractivity contribution >= 4 is 6.09 Å². The lowest BCUT2D eigenvalue weighted by atomic mass is 9.86. The Bertz CT molecular complexity index is 504. The van der Waals surface area contributed by atoms with Crippen LogP contribution in [-0.2, 0) is 11.3 Å². The van der Waals surface area contributed by atoms with Gasteiger partial charge in [0.15, 0.2) is 0 Å². The van der Waals surface area contributed by atoms with Crippen molar-refractivity contribution < 1.29 is 9.53 Å². The second-order valence-corrected chi connectivity index (χ2v) is 5.75. The molecule has 1 fully saturated rings. The summed E-state index contributed by atoms with van der Waals surface area (Å²) in [6.07, 6.45) is 8.65. The summed E-state index contributed by atoms with van der Waals surface area (Å²) in [6.45, 7) is 2.44. The summed E-state index contributed by atoms with van der Waals surface area (Å²) < 4.78 is 5.21. The monoisotopic (exact) mass is 300 g/mol. The van der Waals surface area contributed by atoms with Gasteiger partial charge in [-0.25, -0.2) is 4.79 Å². The minimum Gasteiger partial charge on any atom is -0.445 e. The van der Waals surface area contributed by atoms with Crippen LogP contribution in [0.25, 0.3) is 0 Å². The van der Waals surface area contributed by atoms with E-state index in [1.807, 2.05) is 30.3 Å². The van der Waals surface area contributed by atoms with Crippen molar-refractivity contribution in [3.63, 3.8) is 0 Å². The molecule has 0 heterocycles. The van der Waals surface area contributed by atoms with Crippen LogP contribution in [0.5, 0.6) is 0 Å². The molecule has 1 aliphatic rings. The minimum atomic E-state index is -0.344. The highest BCUT2D eigenvalue weighted by molar-refractivity contribution is 5.67. The predicted octanol–water partition coefficient (Wildman–Crippen LogP) is 2.84. The number of ether oxygens (including phenoxy) is 1. The van der Waals surface area contributed by atoms with Crippen LogP contribution < -0.4 is 10.6 Å². The molecule has 0 spiro atoms. The summed E-state index contributed by atoms with van der Waals surface area (Å²) in [6, 6.07) is 10.7. The molecule has 1 amide bonds. The molecule has 1 saturated carbocycles. The first-order chi connectivity index (χ1) is 10.7. The van der Waals surface area contributed by atoms with Crippen molar-refractivity contribution in [1.29, 1.82) is 0 Å². The zero-order valence-electron chi connectivity index (χ0n) is 13.0. The molecule has 0 radical (unpaired) electrons. The van der Waals surface area contributed by atoms with Crippen molar-refractivity contribution in [3.05, 3.63) is 35.9 Å². The Labute approximate surface area is 132 Å². The van der Waals surface area contributed by atoms with Crippen molar-refractivity contribution in [3.8, 4) is 12.3 Å². The molecule has 0 saturated heterocycles. The molecule has 0 aliphatic heterocycles. The van der Waals surface area contributed by atoms with Crippen molar-refractivity contribution in [1.82, 2.24) is 10.6 Å². The minimum absolute atomic E-state index is 0.198. The highest BCUT2D eigenvalue weighted by Gasteiger charge is 2.31. The molecule has 1 atom stereocenters. The van der Waals surface area contributed by atoms with Gasteiger partial charge >= 0.3 is 6.09 Å². The number of carbonyl (C=O) groups excluding carboxylic acids is 1. The maximum atomic E-state index is 11.7. The number of nitrogens with one attached hydrogen (secondary N) is 2. The van der Waals surface area contributed by atoms with Gasteiger partial charge in [-0.3, -0.25) is 0 Å². The Morgan fingerprint density at radius 1 is 1.36 bits per heavy atom. The van der Waals surface area contributed by atoms with E-state index in [-0.39, 0.29) is 12.1 Å². The van der Waals surface area contributed by atoms with Crippen LogP contribution in [0.4, 0.5) is 4.79 Å². The Kier molecular flexibility index (Phi) is 6.29. The van der Waals surface area contributed by atoms with Gasteiger partial charge in [-0.05, 0) is 24.8 Å². The average Bonchev–Trinajstić information content (AvgIpc) is 2.51. The molecule has 4 heteroatoms. The van der Waals surface area contributed by atoms with E-state index in [2.05, 4.69) is 23.5 Å². The molecule has 4 nitrogen and oxygen atoms in total. The third kappa shape index (κ3) is 5.09. The smallest absolute Gasteiger partial charge is 0.407 e. The van der Waals surface area contributed by atoms with Crippen LogP contribution in [0.15, 0.2) is 30.3 Å². The SMILES string of the molecule is C#CCC(CC)NC1CC(NC(=O)OCc2ccccc2)C1. The largest absolute Gasteiger partial charge is 0.445 e. The summed E-state index contributed by atoms with van der Waals surface area (Å²) in [5.74, 6) is 2.70. The number of hydrogen-bond acceptors (Lipinski definition) is 3. The average molecular weight is 300 g/mol. The molecule has 2 N–H and O–H groups in total. The number of hydrogen-bond donors (Lipinski definition) is 2. The maximum Gasteiger partial charge on any atom is 0.407 e. The fourth-order valence-corrected chi connectivity index (χ4v) is 2.60. The Morgan fingerprint density at radius 3 is 2.73 bits per heavy atom. The second kappa shape index (κ2) is 8.45. The van der Waals surface area contributed by atoms with Gasteiger partial charge in [0.1, 0.15) is 6.61 Å². The van der Waals surface area contributed by atoms with Crippen molar-refractivity contribution in [2.24, 2.45) is 0 Å². The first-order valence-corrected chi connectivity index (χ1v) is 7.88. The van der Waals surface area contributed by atoms with Gasteiger partial charge in [0, 0.05) is 24.5 Å².